The minimum absolute atomic E-state index is 0.103. The van der Waals surface area contributed by atoms with Crippen LogP contribution in [0, 0.1) is 20.8 Å². The Balaban J connectivity index is 1.92. The zero-order valence-electron chi connectivity index (χ0n) is 12.3. The topological polar surface area (TPSA) is 46.4 Å². The van der Waals surface area contributed by atoms with Gasteiger partial charge in [-0.25, -0.2) is 4.98 Å². The fourth-order valence-electron chi connectivity index (χ4n) is 2.62. The summed E-state index contributed by atoms with van der Waals surface area (Å²) in [5, 5.41) is 3.01. The van der Waals surface area contributed by atoms with Gasteiger partial charge in [-0.15, -0.1) is 0 Å². The van der Waals surface area contributed by atoms with E-state index in [0.717, 1.165) is 22.3 Å². The number of hydrogen-bond donors (Lipinski definition) is 1. The Hall–Kier alpha value is -2.62. The monoisotopic (exact) mass is 279 g/mol. The molecule has 0 bridgehead atoms. The van der Waals surface area contributed by atoms with Crippen molar-refractivity contribution in [1.82, 2.24) is 9.38 Å². The minimum atomic E-state index is -0.103. The summed E-state index contributed by atoms with van der Waals surface area (Å²) in [6.07, 6.45) is 5.29. The molecule has 1 amide bonds. The second-order valence-corrected chi connectivity index (χ2v) is 5.37. The van der Waals surface area contributed by atoms with Crippen molar-refractivity contribution in [3.05, 3.63) is 65.2 Å². The molecule has 1 aromatic carbocycles. The number of carbonyl (C=O) groups is 1. The lowest BCUT2D eigenvalue weighted by Crippen LogP contribution is -2.14. The number of benzene rings is 1. The second-order valence-electron chi connectivity index (χ2n) is 5.37. The number of imidazole rings is 1. The van der Waals surface area contributed by atoms with Crippen molar-refractivity contribution in [3.8, 4) is 0 Å². The van der Waals surface area contributed by atoms with E-state index in [2.05, 4.69) is 29.4 Å². The van der Waals surface area contributed by atoms with Gasteiger partial charge in [0.2, 0.25) is 0 Å². The summed E-state index contributed by atoms with van der Waals surface area (Å²) in [6, 6.07) is 7.77. The van der Waals surface area contributed by atoms with Crippen LogP contribution < -0.4 is 5.32 Å². The molecule has 2 heterocycles. The summed E-state index contributed by atoms with van der Waals surface area (Å²) < 4.78 is 1.87. The summed E-state index contributed by atoms with van der Waals surface area (Å²) in [7, 11) is 0. The van der Waals surface area contributed by atoms with E-state index >= 15 is 0 Å². The maximum atomic E-state index is 12.4. The zero-order valence-corrected chi connectivity index (χ0v) is 12.3. The Labute approximate surface area is 123 Å². The second kappa shape index (κ2) is 5.05. The maximum Gasteiger partial charge on any atom is 0.255 e. The molecule has 0 saturated carbocycles. The number of hydrogen-bond acceptors (Lipinski definition) is 2. The lowest BCUT2D eigenvalue weighted by atomic mass is 10.0. The summed E-state index contributed by atoms with van der Waals surface area (Å²) in [4.78, 5) is 16.5. The molecule has 0 radical (unpaired) electrons. The number of anilines is 1. The molecule has 4 nitrogen and oxygen atoms in total. The van der Waals surface area contributed by atoms with Crippen LogP contribution in [-0.2, 0) is 0 Å². The Morgan fingerprint density at radius 2 is 1.86 bits per heavy atom. The summed E-state index contributed by atoms with van der Waals surface area (Å²) >= 11 is 0. The molecule has 4 heteroatoms. The van der Waals surface area contributed by atoms with Crippen molar-refractivity contribution in [1.29, 1.82) is 0 Å². The van der Waals surface area contributed by atoms with E-state index in [9.17, 15) is 4.79 Å². The molecular weight excluding hydrogens is 262 g/mol. The molecule has 0 aliphatic heterocycles. The van der Waals surface area contributed by atoms with Crippen LogP contribution in [0.3, 0.4) is 0 Å². The van der Waals surface area contributed by atoms with Gasteiger partial charge in [-0.3, -0.25) is 4.79 Å². The van der Waals surface area contributed by atoms with Gasteiger partial charge in [0.15, 0.2) is 0 Å². The van der Waals surface area contributed by atoms with Crippen LogP contribution in [0.2, 0.25) is 0 Å². The number of nitrogens with zero attached hydrogens (tertiary/aromatic N) is 2. The van der Waals surface area contributed by atoms with Gasteiger partial charge in [-0.1, -0.05) is 17.7 Å². The predicted octanol–water partition coefficient (Wildman–Crippen LogP) is 3.51. The highest BCUT2D eigenvalue weighted by molar-refractivity contribution is 6.05. The van der Waals surface area contributed by atoms with Gasteiger partial charge in [0, 0.05) is 17.4 Å². The number of nitrogens with one attached hydrogen (secondary N) is 1. The SMILES string of the molecule is Cc1cc(C)c(NC(=O)c2ccn3cncc3c2)c(C)c1. The molecule has 3 aromatic rings. The van der Waals surface area contributed by atoms with Crippen LogP contribution in [-0.4, -0.2) is 15.3 Å². The molecule has 21 heavy (non-hydrogen) atoms. The molecular formula is C17H17N3O. The van der Waals surface area contributed by atoms with E-state index in [-0.39, 0.29) is 5.91 Å². The summed E-state index contributed by atoms with van der Waals surface area (Å²) in [6.45, 7) is 6.07. The first-order valence-corrected chi connectivity index (χ1v) is 6.85. The van der Waals surface area contributed by atoms with E-state index in [0.29, 0.717) is 5.56 Å². The normalized spacial score (nSPS) is 10.8. The van der Waals surface area contributed by atoms with Crippen molar-refractivity contribution < 1.29 is 4.79 Å². The van der Waals surface area contributed by atoms with Crippen LogP contribution in [0.25, 0.3) is 5.52 Å². The van der Waals surface area contributed by atoms with Gasteiger partial charge in [-0.2, -0.15) is 0 Å². The van der Waals surface area contributed by atoms with Gasteiger partial charge in [0.25, 0.3) is 5.91 Å². The number of rotatable bonds is 2. The number of amides is 1. The van der Waals surface area contributed by atoms with Gasteiger partial charge in [0.05, 0.1) is 18.0 Å². The quantitative estimate of drug-likeness (QED) is 0.780. The molecule has 0 aliphatic carbocycles. The van der Waals surface area contributed by atoms with E-state index in [4.69, 9.17) is 0 Å². The lowest BCUT2D eigenvalue weighted by molar-refractivity contribution is 0.102. The first-order valence-electron chi connectivity index (χ1n) is 6.85. The van der Waals surface area contributed by atoms with Crippen molar-refractivity contribution in [2.24, 2.45) is 0 Å². The highest BCUT2D eigenvalue weighted by Crippen LogP contribution is 2.22. The first kappa shape index (κ1) is 13.4. The fraction of sp³-hybridized carbons (Fsp3) is 0.176. The predicted molar refractivity (Wildman–Crippen MR) is 83.8 cm³/mol. The highest BCUT2D eigenvalue weighted by atomic mass is 16.1. The standard InChI is InChI=1S/C17H17N3O/c1-11-6-12(2)16(13(3)7-11)19-17(21)14-4-5-20-10-18-9-15(20)8-14/h4-10H,1-3H3,(H,19,21). The molecule has 0 atom stereocenters. The molecule has 106 valence electrons. The number of carbonyl (C=O) groups excluding carboxylic acids is 1. The first-order chi connectivity index (χ1) is 10.0. The Morgan fingerprint density at radius 1 is 1.14 bits per heavy atom. The van der Waals surface area contributed by atoms with Crippen LogP contribution >= 0.6 is 0 Å². The molecule has 0 unspecified atom stereocenters. The van der Waals surface area contributed by atoms with Crippen molar-refractivity contribution in [2.45, 2.75) is 20.8 Å². The van der Waals surface area contributed by atoms with Crippen molar-refractivity contribution >= 4 is 17.1 Å². The van der Waals surface area contributed by atoms with Crippen LogP contribution in [0.4, 0.5) is 5.69 Å². The van der Waals surface area contributed by atoms with Crippen LogP contribution in [0.5, 0.6) is 0 Å². The lowest BCUT2D eigenvalue weighted by Gasteiger charge is -2.13. The van der Waals surface area contributed by atoms with Crippen LogP contribution in [0.15, 0.2) is 43.0 Å². The highest BCUT2D eigenvalue weighted by Gasteiger charge is 2.11. The minimum Gasteiger partial charge on any atom is -0.322 e. The molecule has 0 saturated heterocycles. The average molecular weight is 279 g/mol. The molecule has 2 aromatic heterocycles. The molecule has 1 N–H and O–H groups in total. The Bertz CT molecular complexity index is 810. The molecule has 0 fully saturated rings. The Kier molecular flexibility index (Phi) is 3.22. The Morgan fingerprint density at radius 3 is 2.57 bits per heavy atom. The van der Waals surface area contributed by atoms with Crippen molar-refractivity contribution in [2.75, 3.05) is 5.32 Å². The van der Waals surface area contributed by atoms with E-state index in [1.54, 1.807) is 18.6 Å². The van der Waals surface area contributed by atoms with Gasteiger partial charge >= 0.3 is 0 Å². The average Bonchev–Trinajstić information content (AvgIpc) is 2.89. The third-order valence-electron chi connectivity index (χ3n) is 3.59. The van der Waals surface area contributed by atoms with Crippen LogP contribution in [0.1, 0.15) is 27.0 Å². The fourth-order valence-corrected chi connectivity index (χ4v) is 2.62. The van der Waals surface area contributed by atoms with E-state index < -0.39 is 0 Å². The number of aromatic nitrogens is 2. The molecule has 0 spiro atoms. The van der Waals surface area contributed by atoms with Gasteiger partial charge in [0.1, 0.15) is 0 Å². The van der Waals surface area contributed by atoms with Gasteiger partial charge in [-0.05, 0) is 44.0 Å². The summed E-state index contributed by atoms with van der Waals surface area (Å²) in [5.41, 5.74) is 5.77. The number of pyridine rings is 1. The maximum absolute atomic E-state index is 12.4. The molecule has 3 rings (SSSR count). The zero-order chi connectivity index (χ0) is 15.0. The smallest absolute Gasteiger partial charge is 0.255 e. The van der Waals surface area contributed by atoms with Crippen molar-refractivity contribution in [3.63, 3.8) is 0 Å². The summed E-state index contributed by atoms with van der Waals surface area (Å²) in [5.74, 6) is -0.103. The third kappa shape index (κ3) is 2.52. The number of fused-ring (bicyclic) bond motifs is 1. The third-order valence-corrected chi connectivity index (χ3v) is 3.59. The largest absolute Gasteiger partial charge is 0.322 e. The number of aryl methyl sites for hydroxylation is 3. The van der Waals surface area contributed by atoms with E-state index in [1.165, 1.54) is 5.56 Å². The van der Waals surface area contributed by atoms with E-state index in [1.807, 2.05) is 30.5 Å². The molecule has 0 aliphatic rings. The van der Waals surface area contributed by atoms with Gasteiger partial charge < -0.3 is 9.72 Å².